The molecular formula is C21H22N2OS. The molecule has 0 saturated carbocycles. The maximum atomic E-state index is 12.3. The number of Topliss-reactive ketones (excluding diaryl/α,β-unsaturated/α-hetero) is 1. The van der Waals surface area contributed by atoms with Gasteiger partial charge in [-0.2, -0.15) is 0 Å². The maximum Gasteiger partial charge on any atom is 0.192 e. The van der Waals surface area contributed by atoms with Crippen LogP contribution in [0.5, 0.6) is 0 Å². The van der Waals surface area contributed by atoms with Gasteiger partial charge in [-0.3, -0.25) is 4.79 Å². The number of hydrogen-bond acceptors (Lipinski definition) is 4. The first kappa shape index (κ1) is 17.5. The fourth-order valence-electron chi connectivity index (χ4n) is 2.72. The molecule has 25 heavy (non-hydrogen) atoms. The van der Waals surface area contributed by atoms with Gasteiger partial charge in [0.2, 0.25) is 0 Å². The molecule has 4 heteroatoms. The number of rotatable bonds is 8. The molecule has 0 spiro atoms. The summed E-state index contributed by atoms with van der Waals surface area (Å²) in [7, 11) is 0. The van der Waals surface area contributed by atoms with Crippen LogP contribution in [0.15, 0.2) is 66.0 Å². The Hall–Kier alpha value is -2.30. The largest absolute Gasteiger partial charge is 0.313 e. The molecular weight excluding hydrogens is 328 g/mol. The summed E-state index contributed by atoms with van der Waals surface area (Å²) in [5, 5.41) is 5.97. The van der Waals surface area contributed by atoms with Crippen LogP contribution in [0.3, 0.4) is 0 Å². The van der Waals surface area contributed by atoms with E-state index in [1.54, 1.807) is 0 Å². The van der Waals surface area contributed by atoms with Gasteiger partial charge >= 0.3 is 0 Å². The summed E-state index contributed by atoms with van der Waals surface area (Å²) in [5.41, 5.74) is 3.23. The van der Waals surface area contributed by atoms with E-state index in [0.717, 1.165) is 17.7 Å². The second-order valence-electron chi connectivity index (χ2n) is 6.12. The van der Waals surface area contributed by atoms with Crippen molar-refractivity contribution in [3.63, 3.8) is 0 Å². The van der Waals surface area contributed by atoms with Gasteiger partial charge in [0.15, 0.2) is 10.8 Å². The first-order chi connectivity index (χ1) is 12.2. The summed E-state index contributed by atoms with van der Waals surface area (Å²) in [6, 6.07) is 20.7. The van der Waals surface area contributed by atoms with E-state index >= 15 is 0 Å². The van der Waals surface area contributed by atoms with Crippen molar-refractivity contribution in [3.05, 3.63) is 76.6 Å². The lowest BCUT2D eigenvalue weighted by Crippen LogP contribution is -2.30. The van der Waals surface area contributed by atoms with Gasteiger partial charge in [0.05, 0.1) is 5.69 Å². The molecule has 1 heterocycles. The predicted molar refractivity (Wildman–Crippen MR) is 104 cm³/mol. The van der Waals surface area contributed by atoms with E-state index in [1.165, 1.54) is 16.9 Å². The summed E-state index contributed by atoms with van der Waals surface area (Å²) >= 11 is 1.43. The lowest BCUT2D eigenvalue weighted by molar-refractivity contribution is 0.0981. The van der Waals surface area contributed by atoms with E-state index in [-0.39, 0.29) is 5.78 Å². The van der Waals surface area contributed by atoms with Crippen molar-refractivity contribution in [2.45, 2.75) is 25.8 Å². The Morgan fingerprint density at radius 2 is 1.76 bits per heavy atom. The SMILES string of the molecule is CC(Cc1ccccc1)NCCC(=O)c1nc(-c2ccccc2)cs1. The Bertz CT molecular complexity index is 799. The van der Waals surface area contributed by atoms with Gasteiger partial charge in [-0.05, 0) is 18.9 Å². The Kier molecular flexibility index (Phi) is 6.09. The van der Waals surface area contributed by atoms with Gasteiger partial charge < -0.3 is 5.32 Å². The van der Waals surface area contributed by atoms with E-state index in [0.29, 0.717) is 24.0 Å². The Labute approximate surface area is 152 Å². The first-order valence-electron chi connectivity index (χ1n) is 8.54. The van der Waals surface area contributed by atoms with Gasteiger partial charge in [-0.25, -0.2) is 4.98 Å². The summed E-state index contributed by atoms with van der Waals surface area (Å²) < 4.78 is 0. The lowest BCUT2D eigenvalue weighted by Gasteiger charge is -2.13. The number of nitrogens with one attached hydrogen (secondary N) is 1. The van der Waals surface area contributed by atoms with Crippen molar-refractivity contribution in [2.24, 2.45) is 0 Å². The fourth-order valence-corrected chi connectivity index (χ4v) is 3.52. The minimum Gasteiger partial charge on any atom is -0.313 e. The molecule has 1 unspecified atom stereocenters. The molecule has 0 amide bonds. The van der Waals surface area contributed by atoms with Gasteiger partial charge in [0, 0.05) is 30.0 Å². The molecule has 1 atom stereocenters. The van der Waals surface area contributed by atoms with Gasteiger partial charge in [-0.15, -0.1) is 11.3 Å². The number of carbonyl (C=O) groups excluding carboxylic acids is 1. The van der Waals surface area contributed by atoms with E-state index in [2.05, 4.69) is 41.5 Å². The van der Waals surface area contributed by atoms with Crippen molar-refractivity contribution in [1.82, 2.24) is 10.3 Å². The quantitative estimate of drug-likeness (QED) is 0.604. The normalized spacial score (nSPS) is 12.0. The van der Waals surface area contributed by atoms with Crippen LogP contribution in [0.4, 0.5) is 0 Å². The van der Waals surface area contributed by atoms with Crippen molar-refractivity contribution in [1.29, 1.82) is 0 Å². The Balaban J connectivity index is 1.47. The molecule has 128 valence electrons. The highest BCUT2D eigenvalue weighted by molar-refractivity contribution is 7.12. The number of thiazole rings is 1. The maximum absolute atomic E-state index is 12.3. The number of carbonyl (C=O) groups is 1. The Morgan fingerprint density at radius 3 is 2.48 bits per heavy atom. The first-order valence-corrected chi connectivity index (χ1v) is 9.42. The molecule has 3 nitrogen and oxygen atoms in total. The minimum absolute atomic E-state index is 0.103. The molecule has 0 radical (unpaired) electrons. The molecule has 0 aliphatic rings. The van der Waals surface area contributed by atoms with Crippen molar-refractivity contribution in [3.8, 4) is 11.3 Å². The summed E-state index contributed by atoms with van der Waals surface area (Å²) in [6.45, 7) is 2.82. The van der Waals surface area contributed by atoms with Crippen molar-refractivity contribution >= 4 is 17.1 Å². The lowest BCUT2D eigenvalue weighted by atomic mass is 10.1. The van der Waals surface area contributed by atoms with Gasteiger partial charge in [0.1, 0.15) is 0 Å². The smallest absolute Gasteiger partial charge is 0.192 e. The minimum atomic E-state index is 0.103. The molecule has 0 bridgehead atoms. The van der Waals surface area contributed by atoms with Crippen molar-refractivity contribution < 1.29 is 4.79 Å². The summed E-state index contributed by atoms with van der Waals surface area (Å²) in [5.74, 6) is 0.103. The van der Waals surface area contributed by atoms with E-state index in [9.17, 15) is 4.79 Å². The van der Waals surface area contributed by atoms with Gasteiger partial charge in [-0.1, -0.05) is 60.7 Å². The van der Waals surface area contributed by atoms with Gasteiger partial charge in [0.25, 0.3) is 0 Å². The van der Waals surface area contributed by atoms with Crippen LogP contribution in [0.25, 0.3) is 11.3 Å². The number of ketones is 1. The average Bonchev–Trinajstić information content (AvgIpc) is 3.13. The number of aromatic nitrogens is 1. The topological polar surface area (TPSA) is 42.0 Å². The third kappa shape index (κ3) is 5.08. The molecule has 0 saturated heterocycles. The molecule has 2 aromatic carbocycles. The van der Waals surface area contributed by atoms with Crippen LogP contribution in [0.1, 0.15) is 28.7 Å². The summed E-state index contributed by atoms with van der Waals surface area (Å²) in [6.07, 6.45) is 1.44. The third-order valence-corrected chi connectivity index (χ3v) is 4.93. The predicted octanol–water partition coefficient (Wildman–Crippen LogP) is 4.60. The average molecular weight is 350 g/mol. The van der Waals surface area contributed by atoms with Crippen LogP contribution in [-0.4, -0.2) is 23.4 Å². The van der Waals surface area contributed by atoms with Crippen LogP contribution < -0.4 is 5.32 Å². The standard InChI is InChI=1S/C21H22N2OS/c1-16(14-17-8-4-2-5-9-17)22-13-12-20(24)21-23-19(15-25-21)18-10-6-3-7-11-18/h2-11,15-16,22H,12-14H2,1H3. The molecule has 1 N–H and O–H groups in total. The third-order valence-electron chi connectivity index (χ3n) is 4.04. The highest BCUT2D eigenvalue weighted by Gasteiger charge is 2.12. The molecule has 3 rings (SSSR count). The molecule has 0 aliphatic heterocycles. The molecule has 0 aliphatic carbocycles. The second-order valence-corrected chi connectivity index (χ2v) is 6.98. The molecule has 0 fully saturated rings. The van der Waals surface area contributed by atoms with Crippen LogP contribution in [0.2, 0.25) is 0 Å². The van der Waals surface area contributed by atoms with Crippen molar-refractivity contribution in [2.75, 3.05) is 6.54 Å². The summed E-state index contributed by atoms with van der Waals surface area (Å²) in [4.78, 5) is 16.8. The highest BCUT2D eigenvalue weighted by Crippen LogP contribution is 2.22. The Morgan fingerprint density at radius 1 is 1.08 bits per heavy atom. The van der Waals surface area contributed by atoms with E-state index in [4.69, 9.17) is 0 Å². The molecule has 1 aromatic heterocycles. The highest BCUT2D eigenvalue weighted by atomic mass is 32.1. The van der Waals surface area contributed by atoms with E-state index < -0.39 is 0 Å². The number of nitrogens with zero attached hydrogens (tertiary/aromatic N) is 1. The zero-order chi connectivity index (χ0) is 17.5. The number of benzene rings is 2. The number of hydrogen-bond donors (Lipinski definition) is 1. The fraction of sp³-hybridized carbons (Fsp3) is 0.238. The van der Waals surface area contributed by atoms with Crippen LogP contribution in [0, 0.1) is 0 Å². The zero-order valence-electron chi connectivity index (χ0n) is 14.3. The van der Waals surface area contributed by atoms with Crippen LogP contribution in [-0.2, 0) is 6.42 Å². The zero-order valence-corrected chi connectivity index (χ0v) is 15.1. The van der Waals surface area contributed by atoms with E-state index in [1.807, 2.05) is 41.8 Å². The van der Waals surface area contributed by atoms with Crippen LogP contribution >= 0.6 is 11.3 Å². The molecule has 3 aromatic rings. The monoisotopic (exact) mass is 350 g/mol. The second kappa shape index (κ2) is 8.70.